The Hall–Kier alpha value is -3.54. The Labute approximate surface area is 157 Å². The van der Waals surface area contributed by atoms with Crippen molar-refractivity contribution in [1.29, 1.82) is 0 Å². The number of anilines is 1. The van der Waals surface area contributed by atoms with E-state index in [0.717, 1.165) is 5.75 Å². The minimum atomic E-state index is -0.208. The van der Waals surface area contributed by atoms with Gasteiger partial charge in [-0.05, 0) is 43.3 Å². The summed E-state index contributed by atoms with van der Waals surface area (Å²) < 4.78 is 12.4. The Kier molecular flexibility index (Phi) is 5.56. The van der Waals surface area contributed by atoms with Crippen LogP contribution < -0.4 is 20.2 Å². The smallest absolute Gasteiger partial charge is 0.244 e. The maximum absolute atomic E-state index is 12.3. The van der Waals surface area contributed by atoms with Crippen molar-refractivity contribution in [2.24, 2.45) is 0 Å². The number of nitrogens with zero attached hydrogens (tertiary/aromatic N) is 1. The number of nitrogens with one attached hydrogen (secondary N) is 1. The van der Waals surface area contributed by atoms with Gasteiger partial charge < -0.3 is 19.4 Å². The minimum Gasteiger partial charge on any atom is -0.491 e. The molecule has 0 fully saturated rings. The van der Waals surface area contributed by atoms with Crippen LogP contribution in [0.4, 0.5) is 5.69 Å². The van der Waals surface area contributed by atoms with Gasteiger partial charge in [-0.15, -0.1) is 0 Å². The van der Waals surface area contributed by atoms with Crippen LogP contribution in [0.15, 0.2) is 71.7 Å². The topological polar surface area (TPSA) is 69.6 Å². The highest BCUT2D eigenvalue weighted by atomic mass is 16.5. The van der Waals surface area contributed by atoms with Crippen LogP contribution in [0.5, 0.6) is 17.2 Å². The fraction of sp³-hybridized carbons (Fsp3) is 0.143. The lowest BCUT2D eigenvalue weighted by molar-refractivity contribution is -0.116. The first-order valence-corrected chi connectivity index (χ1v) is 8.43. The molecule has 0 spiro atoms. The Morgan fingerprint density at radius 2 is 1.70 bits per heavy atom. The molecule has 2 aromatic carbocycles. The van der Waals surface area contributed by atoms with Crippen molar-refractivity contribution in [2.45, 2.75) is 13.5 Å². The predicted octanol–water partition coefficient (Wildman–Crippen LogP) is 3.60. The molecule has 1 amide bonds. The molecular formula is C21H20N2O4. The number of pyridine rings is 1. The summed E-state index contributed by atoms with van der Waals surface area (Å²) in [4.78, 5) is 24.0. The molecule has 0 aliphatic carbocycles. The number of carbonyl (C=O) groups is 1. The Balaban J connectivity index is 1.64. The van der Waals surface area contributed by atoms with Crippen LogP contribution in [0.1, 0.15) is 5.69 Å². The van der Waals surface area contributed by atoms with Crippen LogP contribution >= 0.6 is 0 Å². The number of ether oxygens (including phenoxy) is 2. The summed E-state index contributed by atoms with van der Waals surface area (Å²) in [6.45, 7) is 1.84. The third-order valence-corrected chi connectivity index (χ3v) is 3.96. The third kappa shape index (κ3) is 4.76. The Morgan fingerprint density at radius 3 is 2.37 bits per heavy atom. The summed E-state index contributed by atoms with van der Waals surface area (Å²) >= 11 is 0. The molecule has 3 rings (SSSR count). The molecule has 1 N–H and O–H groups in total. The molecule has 0 saturated heterocycles. The van der Waals surface area contributed by atoms with Crippen molar-refractivity contribution >= 4 is 11.6 Å². The van der Waals surface area contributed by atoms with Gasteiger partial charge >= 0.3 is 0 Å². The van der Waals surface area contributed by atoms with E-state index < -0.39 is 0 Å². The summed E-state index contributed by atoms with van der Waals surface area (Å²) in [6, 6.07) is 18.0. The molecule has 0 atom stereocenters. The minimum absolute atomic E-state index is 0.0741. The van der Waals surface area contributed by atoms with Gasteiger partial charge in [0.25, 0.3) is 0 Å². The summed E-state index contributed by atoms with van der Waals surface area (Å²) in [6.07, 6.45) is 1.54. The van der Waals surface area contributed by atoms with Gasteiger partial charge in [-0.25, -0.2) is 0 Å². The number of benzene rings is 2. The van der Waals surface area contributed by atoms with Gasteiger partial charge in [-0.3, -0.25) is 9.59 Å². The van der Waals surface area contributed by atoms with Crippen LogP contribution in [0.25, 0.3) is 0 Å². The van der Waals surface area contributed by atoms with E-state index in [1.54, 1.807) is 35.8 Å². The fourth-order valence-corrected chi connectivity index (χ4v) is 2.56. The van der Waals surface area contributed by atoms with Crippen LogP contribution in [0.3, 0.4) is 0 Å². The maximum Gasteiger partial charge on any atom is 0.244 e. The van der Waals surface area contributed by atoms with E-state index in [4.69, 9.17) is 9.47 Å². The molecule has 1 aromatic heterocycles. The monoisotopic (exact) mass is 364 g/mol. The van der Waals surface area contributed by atoms with Gasteiger partial charge in [0.2, 0.25) is 11.3 Å². The van der Waals surface area contributed by atoms with Gasteiger partial charge in [-0.1, -0.05) is 18.2 Å². The molecule has 1 heterocycles. The van der Waals surface area contributed by atoms with E-state index in [0.29, 0.717) is 17.1 Å². The number of aryl methyl sites for hydroxylation is 1. The molecule has 0 unspecified atom stereocenters. The SMILES string of the molecule is COc1cn(CC(=O)Nc2ccc(Oc3ccccc3)cc2)c(C)cc1=O. The molecule has 6 heteroatoms. The van der Waals surface area contributed by atoms with Gasteiger partial charge in [-0.2, -0.15) is 0 Å². The normalized spacial score (nSPS) is 10.3. The van der Waals surface area contributed by atoms with Crippen molar-refractivity contribution in [3.63, 3.8) is 0 Å². The van der Waals surface area contributed by atoms with E-state index in [2.05, 4.69) is 5.32 Å². The first kappa shape index (κ1) is 18.3. The third-order valence-electron chi connectivity index (χ3n) is 3.96. The summed E-state index contributed by atoms with van der Waals surface area (Å²) in [5.41, 5.74) is 1.13. The first-order chi connectivity index (χ1) is 13.0. The molecular weight excluding hydrogens is 344 g/mol. The van der Waals surface area contributed by atoms with E-state index >= 15 is 0 Å². The first-order valence-electron chi connectivity index (χ1n) is 8.43. The number of methoxy groups -OCH3 is 1. The zero-order chi connectivity index (χ0) is 19.2. The summed E-state index contributed by atoms with van der Waals surface area (Å²) in [5.74, 6) is 1.42. The van der Waals surface area contributed by atoms with Crippen molar-refractivity contribution in [3.05, 3.63) is 82.8 Å². The van der Waals surface area contributed by atoms with Crippen LogP contribution in [0, 0.1) is 6.92 Å². The quantitative estimate of drug-likeness (QED) is 0.726. The van der Waals surface area contributed by atoms with E-state index in [1.807, 2.05) is 30.3 Å². The van der Waals surface area contributed by atoms with Crippen LogP contribution in [0.2, 0.25) is 0 Å². The number of aromatic nitrogens is 1. The average Bonchev–Trinajstić information content (AvgIpc) is 2.66. The second-order valence-corrected chi connectivity index (χ2v) is 5.96. The number of hydrogen-bond donors (Lipinski definition) is 1. The van der Waals surface area contributed by atoms with Crippen molar-refractivity contribution in [1.82, 2.24) is 4.57 Å². The predicted molar refractivity (Wildman–Crippen MR) is 104 cm³/mol. The fourth-order valence-electron chi connectivity index (χ4n) is 2.56. The molecule has 0 radical (unpaired) electrons. The lowest BCUT2D eigenvalue weighted by Crippen LogP contribution is -2.21. The van der Waals surface area contributed by atoms with E-state index in [9.17, 15) is 9.59 Å². The highest BCUT2D eigenvalue weighted by molar-refractivity contribution is 5.90. The van der Waals surface area contributed by atoms with Gasteiger partial charge in [0.05, 0.1) is 13.3 Å². The number of para-hydroxylation sites is 1. The molecule has 27 heavy (non-hydrogen) atoms. The highest BCUT2D eigenvalue weighted by Crippen LogP contribution is 2.22. The van der Waals surface area contributed by atoms with Crippen LogP contribution in [-0.2, 0) is 11.3 Å². The zero-order valence-electron chi connectivity index (χ0n) is 15.1. The lowest BCUT2D eigenvalue weighted by Gasteiger charge is -2.12. The second kappa shape index (κ2) is 8.23. The highest BCUT2D eigenvalue weighted by Gasteiger charge is 2.08. The molecule has 138 valence electrons. The molecule has 0 aliphatic rings. The van der Waals surface area contributed by atoms with Crippen molar-refractivity contribution in [2.75, 3.05) is 12.4 Å². The standard InChI is InChI=1S/C21H20N2O4/c1-15-12-19(24)20(26-2)13-23(15)14-21(25)22-16-8-10-18(11-9-16)27-17-6-4-3-5-7-17/h3-13H,14H2,1-2H3,(H,22,25). The van der Waals surface area contributed by atoms with Gasteiger partial charge in [0.1, 0.15) is 18.0 Å². The lowest BCUT2D eigenvalue weighted by atomic mass is 10.3. The van der Waals surface area contributed by atoms with Crippen molar-refractivity contribution in [3.8, 4) is 17.2 Å². The summed E-state index contributed by atoms with van der Waals surface area (Å²) in [5, 5.41) is 2.83. The molecule has 3 aromatic rings. The Bertz CT molecular complexity index is 979. The average molecular weight is 364 g/mol. The van der Waals surface area contributed by atoms with Crippen molar-refractivity contribution < 1.29 is 14.3 Å². The summed E-state index contributed by atoms with van der Waals surface area (Å²) in [7, 11) is 1.43. The molecule has 0 aliphatic heterocycles. The second-order valence-electron chi connectivity index (χ2n) is 5.96. The van der Waals surface area contributed by atoms with E-state index in [-0.39, 0.29) is 23.6 Å². The number of carbonyl (C=O) groups excluding carboxylic acids is 1. The molecule has 0 bridgehead atoms. The van der Waals surface area contributed by atoms with Gasteiger partial charge in [0, 0.05) is 17.4 Å². The van der Waals surface area contributed by atoms with Gasteiger partial charge in [0.15, 0.2) is 5.75 Å². The number of amides is 1. The molecule has 6 nitrogen and oxygen atoms in total. The number of rotatable bonds is 6. The largest absolute Gasteiger partial charge is 0.491 e. The maximum atomic E-state index is 12.3. The Morgan fingerprint density at radius 1 is 1.04 bits per heavy atom. The number of hydrogen-bond acceptors (Lipinski definition) is 4. The van der Waals surface area contributed by atoms with E-state index in [1.165, 1.54) is 19.4 Å². The zero-order valence-corrected chi connectivity index (χ0v) is 15.1. The van der Waals surface area contributed by atoms with Crippen LogP contribution in [-0.4, -0.2) is 17.6 Å². The molecule has 0 saturated carbocycles.